The fourth-order valence-corrected chi connectivity index (χ4v) is 4.20. The highest BCUT2D eigenvalue weighted by molar-refractivity contribution is 9.10. The summed E-state index contributed by atoms with van der Waals surface area (Å²) >= 11 is 7.09. The van der Waals surface area contributed by atoms with E-state index in [2.05, 4.69) is 37.2 Å². The normalized spacial score (nSPS) is 15.5. The van der Waals surface area contributed by atoms with E-state index in [1.165, 1.54) is 0 Å². The molecule has 0 fully saturated rings. The standard InChI is InChI=1S/C22H18Br2N2O3/c1-28-15-5-3-4-14(11-15)26-21(17-12-16(29-2)7-8-19(17)24)25-20-9-6-13(23)10-18(20)22(26)27/h3-12,21,25H,1-2H3/t21-/m1/s1. The molecule has 148 valence electrons. The first kappa shape index (κ1) is 19.8. The van der Waals surface area contributed by atoms with Crippen molar-refractivity contribution < 1.29 is 14.3 Å². The number of halogens is 2. The van der Waals surface area contributed by atoms with Crippen LogP contribution in [0.25, 0.3) is 0 Å². The Balaban J connectivity index is 1.91. The van der Waals surface area contributed by atoms with Gasteiger partial charge in [0.1, 0.15) is 17.7 Å². The molecule has 3 aromatic carbocycles. The molecule has 0 saturated carbocycles. The molecule has 0 spiro atoms. The van der Waals surface area contributed by atoms with Crippen LogP contribution in [0.15, 0.2) is 69.6 Å². The van der Waals surface area contributed by atoms with Gasteiger partial charge < -0.3 is 14.8 Å². The summed E-state index contributed by atoms with van der Waals surface area (Å²) in [5.41, 5.74) is 2.98. The minimum absolute atomic E-state index is 0.104. The van der Waals surface area contributed by atoms with E-state index in [-0.39, 0.29) is 5.91 Å². The number of carbonyl (C=O) groups is 1. The minimum atomic E-state index is -0.437. The summed E-state index contributed by atoms with van der Waals surface area (Å²) in [6.45, 7) is 0. The average Bonchev–Trinajstić information content (AvgIpc) is 2.74. The summed E-state index contributed by atoms with van der Waals surface area (Å²) in [7, 11) is 3.23. The number of methoxy groups -OCH3 is 2. The van der Waals surface area contributed by atoms with E-state index in [0.717, 1.165) is 25.9 Å². The van der Waals surface area contributed by atoms with Crippen LogP contribution in [0.3, 0.4) is 0 Å². The van der Waals surface area contributed by atoms with Crippen LogP contribution in [0.5, 0.6) is 11.5 Å². The lowest BCUT2D eigenvalue weighted by atomic mass is 10.0. The van der Waals surface area contributed by atoms with Crippen LogP contribution in [0.4, 0.5) is 11.4 Å². The molecule has 0 unspecified atom stereocenters. The van der Waals surface area contributed by atoms with Crippen molar-refractivity contribution in [1.82, 2.24) is 0 Å². The third-order valence-corrected chi connectivity index (χ3v) is 6.03. The fraction of sp³-hybridized carbons (Fsp3) is 0.136. The highest BCUT2D eigenvalue weighted by atomic mass is 79.9. The van der Waals surface area contributed by atoms with Gasteiger partial charge in [-0.1, -0.05) is 37.9 Å². The summed E-state index contributed by atoms with van der Waals surface area (Å²) in [5, 5.41) is 3.51. The quantitative estimate of drug-likeness (QED) is 0.461. The van der Waals surface area contributed by atoms with Gasteiger partial charge in [0.15, 0.2) is 0 Å². The number of ether oxygens (including phenoxy) is 2. The third-order valence-electron chi connectivity index (χ3n) is 4.81. The minimum Gasteiger partial charge on any atom is -0.497 e. The van der Waals surface area contributed by atoms with Gasteiger partial charge >= 0.3 is 0 Å². The Morgan fingerprint density at radius 1 is 0.931 bits per heavy atom. The molecule has 1 atom stereocenters. The lowest BCUT2D eigenvalue weighted by Crippen LogP contribution is -2.43. The van der Waals surface area contributed by atoms with E-state index in [9.17, 15) is 4.79 Å². The zero-order valence-corrected chi connectivity index (χ0v) is 19.0. The zero-order valence-electron chi connectivity index (χ0n) is 15.8. The van der Waals surface area contributed by atoms with Gasteiger partial charge in [0.25, 0.3) is 5.91 Å². The molecule has 1 aliphatic heterocycles. The number of nitrogens with zero attached hydrogens (tertiary/aromatic N) is 1. The maximum Gasteiger partial charge on any atom is 0.262 e. The number of fused-ring (bicyclic) bond motifs is 1. The van der Waals surface area contributed by atoms with Crippen molar-refractivity contribution in [2.75, 3.05) is 24.4 Å². The van der Waals surface area contributed by atoms with Crippen molar-refractivity contribution in [2.24, 2.45) is 0 Å². The second-order valence-corrected chi connectivity index (χ2v) is 8.27. The largest absolute Gasteiger partial charge is 0.497 e. The molecule has 29 heavy (non-hydrogen) atoms. The van der Waals surface area contributed by atoms with Crippen LogP contribution < -0.4 is 19.7 Å². The third kappa shape index (κ3) is 3.72. The molecule has 3 aromatic rings. The maximum atomic E-state index is 13.6. The van der Waals surface area contributed by atoms with Crippen molar-refractivity contribution in [1.29, 1.82) is 0 Å². The average molecular weight is 518 g/mol. The Morgan fingerprint density at radius 3 is 2.45 bits per heavy atom. The summed E-state index contributed by atoms with van der Waals surface area (Å²) in [4.78, 5) is 15.3. The number of carbonyl (C=O) groups excluding carboxylic acids is 1. The van der Waals surface area contributed by atoms with E-state index >= 15 is 0 Å². The van der Waals surface area contributed by atoms with E-state index in [1.54, 1.807) is 19.1 Å². The van der Waals surface area contributed by atoms with Crippen LogP contribution in [0, 0.1) is 0 Å². The number of rotatable bonds is 4. The number of hydrogen-bond acceptors (Lipinski definition) is 4. The van der Waals surface area contributed by atoms with Gasteiger partial charge in [-0.25, -0.2) is 0 Å². The van der Waals surface area contributed by atoms with E-state index in [0.29, 0.717) is 17.1 Å². The summed E-state index contributed by atoms with van der Waals surface area (Å²) < 4.78 is 12.5. The summed E-state index contributed by atoms with van der Waals surface area (Å²) in [5.74, 6) is 1.29. The summed E-state index contributed by atoms with van der Waals surface area (Å²) in [6, 6.07) is 18.8. The Morgan fingerprint density at radius 2 is 1.69 bits per heavy atom. The topological polar surface area (TPSA) is 50.8 Å². The van der Waals surface area contributed by atoms with Crippen molar-refractivity contribution in [2.45, 2.75) is 6.17 Å². The van der Waals surface area contributed by atoms with Crippen molar-refractivity contribution in [3.05, 3.63) is 80.7 Å². The Labute approximate surface area is 185 Å². The van der Waals surface area contributed by atoms with Gasteiger partial charge in [0.05, 0.1) is 25.5 Å². The predicted molar refractivity (Wildman–Crippen MR) is 121 cm³/mol. The van der Waals surface area contributed by atoms with E-state index in [1.807, 2.05) is 60.7 Å². The van der Waals surface area contributed by atoms with Crippen LogP contribution in [-0.4, -0.2) is 20.1 Å². The van der Waals surface area contributed by atoms with E-state index in [4.69, 9.17) is 9.47 Å². The first-order valence-corrected chi connectivity index (χ1v) is 10.5. The first-order valence-electron chi connectivity index (χ1n) is 8.89. The van der Waals surface area contributed by atoms with Crippen LogP contribution in [0.1, 0.15) is 22.1 Å². The highest BCUT2D eigenvalue weighted by Gasteiger charge is 2.35. The molecule has 4 rings (SSSR count). The van der Waals surface area contributed by atoms with Crippen molar-refractivity contribution in [3.63, 3.8) is 0 Å². The highest BCUT2D eigenvalue weighted by Crippen LogP contribution is 2.41. The fourth-order valence-electron chi connectivity index (χ4n) is 3.38. The summed E-state index contributed by atoms with van der Waals surface area (Å²) in [6.07, 6.45) is -0.437. The Kier molecular flexibility index (Phi) is 5.52. The molecule has 1 amide bonds. The number of nitrogens with one attached hydrogen (secondary N) is 1. The molecule has 0 radical (unpaired) electrons. The molecule has 0 aliphatic carbocycles. The molecule has 1 aliphatic rings. The van der Waals surface area contributed by atoms with Gasteiger partial charge in [0.2, 0.25) is 0 Å². The second kappa shape index (κ2) is 8.08. The lowest BCUT2D eigenvalue weighted by Gasteiger charge is -2.38. The van der Waals surface area contributed by atoms with Gasteiger partial charge in [-0.15, -0.1) is 0 Å². The monoisotopic (exact) mass is 516 g/mol. The number of hydrogen-bond donors (Lipinski definition) is 1. The maximum absolute atomic E-state index is 13.6. The second-order valence-electron chi connectivity index (χ2n) is 6.50. The number of anilines is 2. The van der Waals surface area contributed by atoms with Crippen LogP contribution in [0.2, 0.25) is 0 Å². The Bertz CT molecular complexity index is 1090. The van der Waals surface area contributed by atoms with Gasteiger partial charge in [0, 0.05) is 26.3 Å². The SMILES string of the molecule is COc1cccc(N2C(=O)c3cc(Br)ccc3N[C@H]2c2cc(OC)ccc2Br)c1. The predicted octanol–water partition coefficient (Wildman–Crippen LogP) is 6.00. The molecular weight excluding hydrogens is 500 g/mol. The molecule has 5 nitrogen and oxygen atoms in total. The Hall–Kier alpha value is -2.51. The number of amides is 1. The number of benzene rings is 3. The van der Waals surface area contributed by atoms with Gasteiger partial charge in [-0.05, 0) is 48.5 Å². The van der Waals surface area contributed by atoms with Crippen molar-refractivity contribution in [3.8, 4) is 11.5 Å². The zero-order chi connectivity index (χ0) is 20.5. The molecule has 0 saturated heterocycles. The van der Waals surface area contributed by atoms with Crippen LogP contribution >= 0.6 is 31.9 Å². The molecule has 0 bridgehead atoms. The van der Waals surface area contributed by atoms with Gasteiger partial charge in [-0.2, -0.15) is 0 Å². The van der Waals surface area contributed by atoms with Crippen LogP contribution in [-0.2, 0) is 0 Å². The molecule has 7 heteroatoms. The first-order chi connectivity index (χ1) is 14.0. The molecule has 0 aromatic heterocycles. The van der Waals surface area contributed by atoms with Crippen molar-refractivity contribution >= 4 is 49.1 Å². The molecule has 1 N–H and O–H groups in total. The van der Waals surface area contributed by atoms with Gasteiger partial charge in [-0.3, -0.25) is 9.69 Å². The van der Waals surface area contributed by atoms with E-state index < -0.39 is 6.17 Å². The molecular formula is C22H18Br2N2O3. The lowest BCUT2D eigenvalue weighted by molar-refractivity contribution is 0.0974. The smallest absolute Gasteiger partial charge is 0.262 e. The molecule has 1 heterocycles.